The monoisotopic (exact) mass is 360 g/mol. The normalized spacial score (nSPS) is 18.8. The molecule has 0 aromatic heterocycles. The number of benzene rings is 1. The molecule has 2 aliphatic heterocycles. The van der Waals surface area contributed by atoms with E-state index in [4.69, 9.17) is 4.74 Å². The van der Waals surface area contributed by atoms with Crippen molar-refractivity contribution in [3.05, 3.63) is 34.9 Å². The van der Waals surface area contributed by atoms with E-state index in [9.17, 15) is 9.59 Å². The third-order valence-corrected chi connectivity index (χ3v) is 4.47. The highest BCUT2D eigenvalue weighted by molar-refractivity contribution is 8.15. The van der Waals surface area contributed by atoms with Crippen LogP contribution in [0.1, 0.15) is 37.5 Å². The van der Waals surface area contributed by atoms with E-state index in [1.165, 1.54) is 11.8 Å². The number of nitrogens with one attached hydrogen (secondary N) is 1. The first-order valence-electron chi connectivity index (χ1n) is 7.94. The molecule has 0 atom stereocenters. The van der Waals surface area contributed by atoms with Crippen molar-refractivity contribution in [2.75, 3.05) is 5.75 Å². The summed E-state index contributed by atoms with van der Waals surface area (Å²) in [4.78, 5) is 25.1. The van der Waals surface area contributed by atoms with Crippen LogP contribution in [0.2, 0.25) is 0 Å². The third-order valence-electron chi connectivity index (χ3n) is 3.60. The van der Waals surface area contributed by atoms with Crippen molar-refractivity contribution in [3.63, 3.8) is 0 Å². The predicted octanol–water partition coefficient (Wildman–Crippen LogP) is 2.49. The van der Waals surface area contributed by atoms with Crippen LogP contribution in [0.4, 0.5) is 4.79 Å². The minimum atomic E-state index is -0.518. The molecule has 8 heteroatoms. The van der Waals surface area contributed by atoms with Crippen LogP contribution in [-0.4, -0.2) is 39.6 Å². The summed E-state index contributed by atoms with van der Waals surface area (Å²) in [5.74, 6) is 0.312. The van der Waals surface area contributed by atoms with Crippen molar-refractivity contribution >= 4 is 35.1 Å². The molecule has 2 aliphatic rings. The van der Waals surface area contributed by atoms with E-state index in [1.807, 2.05) is 39.0 Å². The summed E-state index contributed by atoms with van der Waals surface area (Å²) in [5.41, 5.74) is 2.50. The number of rotatable bonds is 2. The molecule has 0 spiro atoms. The van der Waals surface area contributed by atoms with Crippen molar-refractivity contribution in [1.29, 1.82) is 0 Å². The zero-order valence-corrected chi connectivity index (χ0v) is 15.2. The number of hydrogen-bond donors (Lipinski definition) is 1. The average molecular weight is 360 g/mol. The van der Waals surface area contributed by atoms with E-state index in [-0.39, 0.29) is 12.0 Å². The number of hydrogen-bond acceptors (Lipinski definition) is 6. The van der Waals surface area contributed by atoms with Gasteiger partial charge in [0, 0.05) is 6.54 Å². The first-order chi connectivity index (χ1) is 11.8. The molecular formula is C17H20N4O3S. The maximum absolute atomic E-state index is 12.3. The molecule has 0 radical (unpaired) electrons. The van der Waals surface area contributed by atoms with Crippen LogP contribution in [0.5, 0.6) is 0 Å². The molecular weight excluding hydrogens is 340 g/mol. The van der Waals surface area contributed by atoms with Gasteiger partial charge in [-0.15, -0.1) is 5.10 Å². The Morgan fingerprint density at radius 3 is 2.84 bits per heavy atom. The maximum Gasteiger partial charge on any atom is 0.410 e. The number of carbonyl (C=O) groups is 2. The van der Waals surface area contributed by atoms with Crippen LogP contribution in [0.25, 0.3) is 0 Å². The Morgan fingerprint density at radius 1 is 1.36 bits per heavy atom. The van der Waals surface area contributed by atoms with Crippen molar-refractivity contribution in [2.24, 2.45) is 10.2 Å². The Hall–Kier alpha value is -2.35. The van der Waals surface area contributed by atoms with E-state index in [0.717, 1.165) is 16.7 Å². The fourth-order valence-electron chi connectivity index (χ4n) is 2.55. The fraction of sp³-hybridized carbons (Fsp3) is 0.412. The molecule has 0 aliphatic carbocycles. The van der Waals surface area contributed by atoms with Crippen molar-refractivity contribution in [3.8, 4) is 0 Å². The highest BCUT2D eigenvalue weighted by Crippen LogP contribution is 2.26. The van der Waals surface area contributed by atoms with E-state index in [1.54, 1.807) is 11.1 Å². The minimum Gasteiger partial charge on any atom is -0.444 e. The van der Waals surface area contributed by atoms with Gasteiger partial charge in [0.05, 0.1) is 18.5 Å². The Bertz CT molecular complexity index is 768. The van der Waals surface area contributed by atoms with Gasteiger partial charge in [0.25, 0.3) is 0 Å². The van der Waals surface area contributed by atoms with Gasteiger partial charge in [0.15, 0.2) is 5.17 Å². The summed E-state index contributed by atoms with van der Waals surface area (Å²) in [5, 5.41) is 11.2. The Morgan fingerprint density at radius 2 is 2.16 bits per heavy atom. The molecule has 1 N–H and O–H groups in total. The summed E-state index contributed by atoms with van der Waals surface area (Å²) in [7, 11) is 0. The lowest BCUT2D eigenvalue weighted by Gasteiger charge is -2.24. The van der Waals surface area contributed by atoms with Crippen LogP contribution in [-0.2, 0) is 22.6 Å². The zero-order chi connectivity index (χ0) is 18.0. The zero-order valence-electron chi connectivity index (χ0n) is 14.4. The molecule has 1 aromatic rings. The first kappa shape index (κ1) is 17.5. The Kier molecular flexibility index (Phi) is 4.80. The van der Waals surface area contributed by atoms with Gasteiger partial charge in [0.1, 0.15) is 5.60 Å². The molecule has 2 heterocycles. The number of amides is 2. The number of thioether (sulfide) groups is 1. The highest BCUT2D eigenvalue weighted by atomic mass is 32.2. The molecule has 1 aromatic carbocycles. The largest absolute Gasteiger partial charge is 0.444 e. The molecule has 7 nitrogen and oxygen atoms in total. The highest BCUT2D eigenvalue weighted by Gasteiger charge is 2.28. The van der Waals surface area contributed by atoms with Gasteiger partial charge in [0.2, 0.25) is 5.91 Å². The van der Waals surface area contributed by atoms with Gasteiger partial charge in [-0.2, -0.15) is 5.10 Å². The number of carbonyl (C=O) groups excluding carboxylic acids is 2. The maximum atomic E-state index is 12.3. The minimum absolute atomic E-state index is 0.0624. The van der Waals surface area contributed by atoms with Gasteiger partial charge in [-0.1, -0.05) is 30.0 Å². The second kappa shape index (κ2) is 6.87. The SMILES string of the molecule is CC(C)(C)OC(=O)N1Cc2cccc(C=NN=C3NC(=O)CS3)c2C1. The lowest BCUT2D eigenvalue weighted by Crippen LogP contribution is -2.33. The van der Waals surface area contributed by atoms with Gasteiger partial charge in [-0.3, -0.25) is 9.69 Å². The molecule has 2 amide bonds. The molecule has 3 rings (SSSR count). The summed E-state index contributed by atoms with van der Waals surface area (Å²) >= 11 is 1.33. The first-order valence-corrected chi connectivity index (χ1v) is 8.93. The second-order valence-corrected chi connectivity index (χ2v) is 7.77. The van der Waals surface area contributed by atoms with Gasteiger partial charge in [-0.25, -0.2) is 4.79 Å². The van der Waals surface area contributed by atoms with Crippen molar-refractivity contribution in [1.82, 2.24) is 10.2 Å². The Balaban J connectivity index is 1.71. The number of nitrogens with zero attached hydrogens (tertiary/aromatic N) is 3. The van der Waals surface area contributed by atoms with E-state index in [0.29, 0.717) is 24.0 Å². The van der Waals surface area contributed by atoms with Gasteiger partial charge >= 0.3 is 6.09 Å². The molecule has 0 bridgehead atoms. The average Bonchev–Trinajstić information content (AvgIpc) is 3.12. The lowest BCUT2D eigenvalue weighted by molar-refractivity contribution is -0.116. The smallest absolute Gasteiger partial charge is 0.410 e. The van der Waals surface area contributed by atoms with E-state index < -0.39 is 5.60 Å². The summed E-state index contributed by atoms with van der Waals surface area (Å²) in [6.07, 6.45) is 1.33. The van der Waals surface area contributed by atoms with Gasteiger partial charge in [-0.05, 0) is 37.5 Å². The summed E-state index contributed by atoms with van der Waals surface area (Å²) < 4.78 is 5.44. The lowest BCUT2D eigenvalue weighted by atomic mass is 10.0. The molecule has 132 valence electrons. The number of amidine groups is 1. The van der Waals surface area contributed by atoms with Crippen molar-refractivity contribution < 1.29 is 14.3 Å². The van der Waals surface area contributed by atoms with Gasteiger partial charge < -0.3 is 10.1 Å². The summed E-state index contributed by atoms with van der Waals surface area (Å²) in [6, 6.07) is 5.86. The standard InChI is InChI=1S/C17H20N4O3S/c1-17(2,3)24-16(23)21-8-12-6-4-5-11(13(12)9-21)7-18-20-15-19-14(22)10-25-15/h4-7H,8-10H2,1-3H3,(H,19,20,22). The van der Waals surface area contributed by atoms with Crippen LogP contribution in [0.15, 0.2) is 28.4 Å². The molecule has 25 heavy (non-hydrogen) atoms. The molecule has 1 saturated heterocycles. The third kappa shape index (κ3) is 4.39. The van der Waals surface area contributed by atoms with Crippen LogP contribution < -0.4 is 5.32 Å². The fourth-order valence-corrected chi connectivity index (χ4v) is 3.18. The quantitative estimate of drug-likeness (QED) is 0.649. The molecule has 0 unspecified atom stereocenters. The Labute approximate surface area is 150 Å². The number of fused-ring (bicyclic) bond motifs is 1. The number of ether oxygens (including phenoxy) is 1. The van der Waals surface area contributed by atoms with E-state index >= 15 is 0 Å². The van der Waals surface area contributed by atoms with Crippen molar-refractivity contribution in [2.45, 2.75) is 39.5 Å². The molecule has 1 fully saturated rings. The van der Waals surface area contributed by atoms with Crippen LogP contribution in [0, 0.1) is 0 Å². The molecule has 0 saturated carbocycles. The van der Waals surface area contributed by atoms with E-state index in [2.05, 4.69) is 15.5 Å². The predicted molar refractivity (Wildman–Crippen MR) is 97.6 cm³/mol. The van der Waals surface area contributed by atoms with Crippen LogP contribution in [0.3, 0.4) is 0 Å². The van der Waals surface area contributed by atoms with Crippen LogP contribution >= 0.6 is 11.8 Å². The second-order valence-electron chi connectivity index (χ2n) is 6.81. The summed E-state index contributed by atoms with van der Waals surface area (Å²) in [6.45, 7) is 6.56. The topological polar surface area (TPSA) is 83.4 Å².